The number of rotatable bonds is 3. The summed E-state index contributed by atoms with van der Waals surface area (Å²) in [5, 5.41) is 0. The number of benzene rings is 2. The summed E-state index contributed by atoms with van der Waals surface area (Å²) in [5.74, 6) is -0.0342. The minimum absolute atomic E-state index is 0.0342. The largest absolute Gasteiger partial charge is 0.344 e. The lowest BCUT2D eigenvalue weighted by atomic mass is 10.1. The van der Waals surface area contributed by atoms with Gasteiger partial charge in [-0.15, -0.1) is 0 Å². The quantitative estimate of drug-likeness (QED) is 0.797. The van der Waals surface area contributed by atoms with Gasteiger partial charge in [-0.3, -0.25) is 4.79 Å². The molecule has 2 aromatic rings. The number of ether oxygens (including phenoxy) is 1. The lowest BCUT2D eigenvalue weighted by Gasteiger charge is -2.31. The predicted molar refractivity (Wildman–Crippen MR) is 103 cm³/mol. The number of carbonyl (C=O) groups excluding carboxylic acids is 1. The van der Waals surface area contributed by atoms with E-state index in [0.717, 1.165) is 5.56 Å². The van der Waals surface area contributed by atoms with Gasteiger partial charge in [0.1, 0.15) is 6.10 Å². The van der Waals surface area contributed by atoms with Crippen LogP contribution in [0.25, 0.3) is 0 Å². The predicted octanol–water partition coefficient (Wildman–Crippen LogP) is 2.46. The molecule has 7 heteroatoms. The monoisotopic (exact) mass is 398 g/mol. The van der Waals surface area contributed by atoms with E-state index in [4.69, 9.17) is 4.74 Å². The molecule has 3 saturated heterocycles. The maximum absolute atomic E-state index is 13.4. The molecule has 3 aliphatic rings. The summed E-state index contributed by atoms with van der Waals surface area (Å²) < 4.78 is 34.7. The molecular weight excluding hydrogens is 376 g/mol. The summed E-state index contributed by atoms with van der Waals surface area (Å²) in [6, 6.07) is 16.3. The summed E-state index contributed by atoms with van der Waals surface area (Å²) >= 11 is 0. The molecule has 3 fully saturated rings. The standard InChI is InChI=1S/C21H22N2O4S/c1-15-7-5-6-10-18(15)28(25,26)23-12-11-21-19(23)13-20(24)22(21)14-17(27-21)16-8-3-2-4-9-16/h2-10,17,19H,11-14H2,1H3/t17-,19-,21+/m1/s1. The van der Waals surface area contributed by atoms with Gasteiger partial charge in [-0.25, -0.2) is 8.42 Å². The van der Waals surface area contributed by atoms with Crippen LogP contribution in [0.1, 0.15) is 30.1 Å². The van der Waals surface area contributed by atoms with Crippen LogP contribution in [0.5, 0.6) is 0 Å². The molecule has 0 bridgehead atoms. The van der Waals surface area contributed by atoms with E-state index >= 15 is 0 Å². The van der Waals surface area contributed by atoms with Gasteiger partial charge in [0, 0.05) is 19.4 Å². The molecule has 0 radical (unpaired) electrons. The highest BCUT2D eigenvalue weighted by Gasteiger charge is 2.66. The molecule has 0 aromatic heterocycles. The second kappa shape index (κ2) is 6.14. The van der Waals surface area contributed by atoms with E-state index in [1.807, 2.05) is 36.4 Å². The number of sulfonamides is 1. The zero-order chi connectivity index (χ0) is 19.5. The number of hydrogen-bond donors (Lipinski definition) is 0. The van der Waals surface area contributed by atoms with Crippen LogP contribution in [-0.4, -0.2) is 48.4 Å². The zero-order valence-electron chi connectivity index (χ0n) is 15.6. The number of carbonyl (C=O) groups is 1. The third kappa shape index (κ3) is 2.40. The lowest BCUT2D eigenvalue weighted by Crippen LogP contribution is -2.48. The fourth-order valence-electron chi connectivity index (χ4n) is 4.89. The molecule has 1 spiro atoms. The van der Waals surface area contributed by atoms with Crippen molar-refractivity contribution >= 4 is 15.9 Å². The van der Waals surface area contributed by atoms with Crippen LogP contribution in [0.2, 0.25) is 0 Å². The zero-order valence-corrected chi connectivity index (χ0v) is 16.4. The molecule has 3 aliphatic heterocycles. The molecule has 0 unspecified atom stereocenters. The van der Waals surface area contributed by atoms with Crippen LogP contribution in [0.4, 0.5) is 0 Å². The Balaban J connectivity index is 1.51. The number of amides is 1. The molecule has 3 heterocycles. The molecule has 0 saturated carbocycles. The van der Waals surface area contributed by atoms with Gasteiger partial charge in [0.25, 0.3) is 0 Å². The first-order chi connectivity index (χ1) is 13.4. The van der Waals surface area contributed by atoms with E-state index in [1.165, 1.54) is 4.31 Å². The Morgan fingerprint density at radius 3 is 2.54 bits per heavy atom. The van der Waals surface area contributed by atoms with Crippen LogP contribution < -0.4 is 0 Å². The van der Waals surface area contributed by atoms with Crippen molar-refractivity contribution in [2.75, 3.05) is 13.1 Å². The first kappa shape index (κ1) is 17.8. The number of hydrogen-bond acceptors (Lipinski definition) is 4. The molecule has 5 rings (SSSR count). The average Bonchev–Trinajstić information content (AvgIpc) is 3.31. The average molecular weight is 398 g/mol. The second-order valence-corrected chi connectivity index (χ2v) is 9.58. The normalized spacial score (nSPS) is 29.9. The van der Waals surface area contributed by atoms with Crippen LogP contribution in [0.15, 0.2) is 59.5 Å². The van der Waals surface area contributed by atoms with E-state index < -0.39 is 21.8 Å². The van der Waals surface area contributed by atoms with Crippen molar-refractivity contribution in [3.05, 3.63) is 65.7 Å². The van der Waals surface area contributed by atoms with Gasteiger partial charge < -0.3 is 9.64 Å². The van der Waals surface area contributed by atoms with Crippen molar-refractivity contribution in [1.29, 1.82) is 0 Å². The van der Waals surface area contributed by atoms with Crippen molar-refractivity contribution in [3.8, 4) is 0 Å². The van der Waals surface area contributed by atoms with Gasteiger partial charge in [-0.2, -0.15) is 4.31 Å². The maximum atomic E-state index is 13.4. The van der Waals surface area contributed by atoms with Gasteiger partial charge in [-0.05, 0) is 24.1 Å². The van der Waals surface area contributed by atoms with Gasteiger partial charge >= 0.3 is 0 Å². The van der Waals surface area contributed by atoms with Gasteiger partial charge in [0.05, 0.1) is 17.5 Å². The first-order valence-electron chi connectivity index (χ1n) is 9.54. The highest BCUT2D eigenvalue weighted by atomic mass is 32.2. The first-order valence-corrected chi connectivity index (χ1v) is 11.0. The summed E-state index contributed by atoms with van der Waals surface area (Å²) in [5.41, 5.74) is 0.866. The molecule has 0 N–H and O–H groups in total. The van der Waals surface area contributed by atoms with E-state index in [1.54, 1.807) is 30.0 Å². The van der Waals surface area contributed by atoms with Gasteiger partial charge in [0.2, 0.25) is 15.9 Å². The topological polar surface area (TPSA) is 66.9 Å². The molecule has 6 nitrogen and oxygen atoms in total. The summed E-state index contributed by atoms with van der Waals surface area (Å²) in [4.78, 5) is 14.8. The van der Waals surface area contributed by atoms with Crippen molar-refractivity contribution in [2.45, 2.75) is 42.5 Å². The van der Waals surface area contributed by atoms with E-state index in [9.17, 15) is 13.2 Å². The smallest absolute Gasteiger partial charge is 0.243 e. The molecule has 28 heavy (non-hydrogen) atoms. The van der Waals surface area contributed by atoms with Crippen molar-refractivity contribution < 1.29 is 17.9 Å². The lowest BCUT2D eigenvalue weighted by molar-refractivity contribution is -0.138. The third-order valence-electron chi connectivity index (χ3n) is 6.23. The second-order valence-electron chi connectivity index (χ2n) is 7.72. The highest BCUT2D eigenvalue weighted by molar-refractivity contribution is 7.89. The Morgan fingerprint density at radius 1 is 1.07 bits per heavy atom. The summed E-state index contributed by atoms with van der Waals surface area (Å²) in [6.45, 7) is 2.62. The Hall–Kier alpha value is -2.22. The molecule has 2 aromatic carbocycles. The van der Waals surface area contributed by atoms with E-state index in [-0.39, 0.29) is 18.4 Å². The molecule has 0 aliphatic carbocycles. The molecule has 146 valence electrons. The van der Waals surface area contributed by atoms with Crippen molar-refractivity contribution in [3.63, 3.8) is 0 Å². The Labute approximate surface area is 164 Å². The fourth-order valence-corrected chi connectivity index (χ4v) is 6.77. The fraction of sp³-hybridized carbons (Fsp3) is 0.381. The number of nitrogens with zero attached hydrogens (tertiary/aromatic N) is 2. The van der Waals surface area contributed by atoms with Crippen molar-refractivity contribution in [2.24, 2.45) is 0 Å². The Kier molecular flexibility index (Phi) is 3.91. The van der Waals surface area contributed by atoms with E-state index in [2.05, 4.69) is 0 Å². The van der Waals surface area contributed by atoms with Crippen LogP contribution in [0, 0.1) is 6.92 Å². The summed E-state index contributed by atoms with van der Waals surface area (Å²) in [6.07, 6.45) is 0.443. The number of aryl methyl sites for hydroxylation is 1. The van der Waals surface area contributed by atoms with Gasteiger partial charge in [-0.1, -0.05) is 48.5 Å². The highest BCUT2D eigenvalue weighted by Crippen LogP contribution is 2.51. The van der Waals surface area contributed by atoms with Gasteiger partial charge in [0.15, 0.2) is 5.72 Å². The summed E-state index contributed by atoms with van der Waals surface area (Å²) in [7, 11) is -3.70. The van der Waals surface area contributed by atoms with Crippen LogP contribution >= 0.6 is 0 Å². The SMILES string of the molecule is Cc1ccccc1S(=O)(=O)N1CC[C@@]23O[C@@H](c4ccccc4)CN2C(=O)C[C@@H]13. The maximum Gasteiger partial charge on any atom is 0.243 e. The minimum Gasteiger partial charge on any atom is -0.344 e. The van der Waals surface area contributed by atoms with E-state index in [0.29, 0.717) is 30.0 Å². The molecule has 1 amide bonds. The third-order valence-corrected chi connectivity index (χ3v) is 8.30. The molecular formula is C21H22N2O4S. The van der Waals surface area contributed by atoms with Crippen LogP contribution in [0.3, 0.4) is 0 Å². The molecule has 3 atom stereocenters. The van der Waals surface area contributed by atoms with Crippen LogP contribution in [-0.2, 0) is 19.6 Å². The van der Waals surface area contributed by atoms with Crippen molar-refractivity contribution in [1.82, 2.24) is 9.21 Å². The Bertz CT molecular complexity index is 1040. The Morgan fingerprint density at radius 2 is 1.79 bits per heavy atom. The minimum atomic E-state index is -3.70.